The summed E-state index contributed by atoms with van der Waals surface area (Å²) in [7, 11) is 0. The molecule has 1 aromatic rings. The highest BCUT2D eigenvalue weighted by molar-refractivity contribution is 5.81. The Morgan fingerprint density at radius 3 is 2.43 bits per heavy atom. The first-order chi connectivity index (χ1) is 6.61. The molecule has 0 aliphatic heterocycles. The fourth-order valence-electron chi connectivity index (χ4n) is 1.04. The zero-order valence-corrected chi connectivity index (χ0v) is 7.69. The summed E-state index contributed by atoms with van der Waals surface area (Å²) in [6, 6.07) is 5.04. The van der Waals surface area contributed by atoms with Gasteiger partial charge in [-0.2, -0.15) is 0 Å². The number of esters is 1. The van der Waals surface area contributed by atoms with Gasteiger partial charge in [-0.25, -0.2) is 4.79 Å². The minimum absolute atomic E-state index is 0.153. The van der Waals surface area contributed by atoms with E-state index in [1.165, 1.54) is 0 Å². The minimum atomic E-state index is -0.467. The SMILES string of the molecule is C=CC(=O)OCc1cc(N)cc(N)c1. The summed E-state index contributed by atoms with van der Waals surface area (Å²) in [5.41, 5.74) is 13.0. The molecule has 0 saturated carbocycles. The highest BCUT2D eigenvalue weighted by Gasteiger charge is 1.99. The van der Waals surface area contributed by atoms with Crippen LogP contribution in [-0.4, -0.2) is 5.97 Å². The number of carbonyl (C=O) groups is 1. The van der Waals surface area contributed by atoms with E-state index in [-0.39, 0.29) is 6.61 Å². The van der Waals surface area contributed by atoms with Gasteiger partial charge in [0.1, 0.15) is 6.61 Å². The molecule has 0 saturated heterocycles. The number of anilines is 2. The molecule has 0 amide bonds. The van der Waals surface area contributed by atoms with Crippen molar-refractivity contribution in [1.29, 1.82) is 0 Å². The van der Waals surface area contributed by atoms with Crippen molar-refractivity contribution in [2.75, 3.05) is 11.5 Å². The number of benzene rings is 1. The number of ether oxygens (including phenoxy) is 1. The molecule has 4 N–H and O–H groups in total. The van der Waals surface area contributed by atoms with Crippen molar-refractivity contribution in [2.45, 2.75) is 6.61 Å². The zero-order valence-electron chi connectivity index (χ0n) is 7.69. The van der Waals surface area contributed by atoms with E-state index < -0.39 is 5.97 Å². The Labute approximate surface area is 82.2 Å². The second kappa shape index (κ2) is 4.32. The third kappa shape index (κ3) is 2.82. The van der Waals surface area contributed by atoms with Crippen molar-refractivity contribution in [3.63, 3.8) is 0 Å². The van der Waals surface area contributed by atoms with Crippen LogP contribution in [0, 0.1) is 0 Å². The summed E-state index contributed by atoms with van der Waals surface area (Å²) in [4.78, 5) is 10.8. The minimum Gasteiger partial charge on any atom is -0.458 e. The summed E-state index contributed by atoms with van der Waals surface area (Å²) < 4.78 is 4.82. The summed E-state index contributed by atoms with van der Waals surface area (Å²) >= 11 is 0. The molecule has 0 bridgehead atoms. The maximum atomic E-state index is 10.8. The average Bonchev–Trinajstić information content (AvgIpc) is 2.12. The van der Waals surface area contributed by atoms with Crippen LogP contribution in [0.3, 0.4) is 0 Å². The van der Waals surface area contributed by atoms with E-state index in [9.17, 15) is 4.79 Å². The van der Waals surface area contributed by atoms with Crippen molar-refractivity contribution in [3.05, 3.63) is 36.4 Å². The number of nitrogen functional groups attached to an aromatic ring is 2. The molecule has 1 aromatic carbocycles. The zero-order chi connectivity index (χ0) is 10.6. The number of carbonyl (C=O) groups excluding carboxylic acids is 1. The van der Waals surface area contributed by atoms with Gasteiger partial charge in [0.2, 0.25) is 0 Å². The monoisotopic (exact) mass is 192 g/mol. The number of nitrogens with two attached hydrogens (primary N) is 2. The Bertz CT molecular complexity index is 341. The van der Waals surface area contributed by atoms with Gasteiger partial charge in [0.25, 0.3) is 0 Å². The molecule has 0 aliphatic carbocycles. The maximum absolute atomic E-state index is 10.8. The van der Waals surface area contributed by atoms with Crippen LogP contribution in [0.4, 0.5) is 11.4 Å². The lowest BCUT2D eigenvalue weighted by molar-refractivity contribution is -0.138. The predicted octanol–water partition coefficient (Wildman–Crippen LogP) is 1.08. The summed E-state index contributed by atoms with van der Waals surface area (Å²) in [5, 5.41) is 0. The van der Waals surface area contributed by atoms with E-state index in [4.69, 9.17) is 16.2 Å². The van der Waals surface area contributed by atoms with Gasteiger partial charge >= 0.3 is 5.97 Å². The van der Waals surface area contributed by atoms with Gasteiger partial charge in [-0.3, -0.25) is 0 Å². The molecule has 0 aliphatic rings. The van der Waals surface area contributed by atoms with Gasteiger partial charge in [0, 0.05) is 17.5 Å². The standard InChI is InChI=1S/C10H12N2O2/c1-2-10(13)14-6-7-3-8(11)5-9(12)4-7/h2-5H,1,6,11-12H2. The predicted molar refractivity (Wildman–Crippen MR) is 55.3 cm³/mol. The van der Waals surface area contributed by atoms with E-state index >= 15 is 0 Å². The Kier molecular flexibility index (Phi) is 3.12. The Morgan fingerprint density at radius 2 is 1.93 bits per heavy atom. The van der Waals surface area contributed by atoms with E-state index in [1.54, 1.807) is 18.2 Å². The molecule has 0 atom stereocenters. The van der Waals surface area contributed by atoms with Gasteiger partial charge in [-0.15, -0.1) is 0 Å². The van der Waals surface area contributed by atoms with Crippen molar-refractivity contribution in [3.8, 4) is 0 Å². The summed E-state index contributed by atoms with van der Waals surface area (Å²) in [6.45, 7) is 3.44. The molecule has 4 heteroatoms. The average molecular weight is 192 g/mol. The van der Waals surface area contributed by atoms with E-state index in [0.717, 1.165) is 11.6 Å². The van der Waals surface area contributed by atoms with Crippen LogP contribution in [0.25, 0.3) is 0 Å². The number of hydrogen-bond donors (Lipinski definition) is 2. The van der Waals surface area contributed by atoms with Crippen LogP contribution in [0.15, 0.2) is 30.9 Å². The van der Waals surface area contributed by atoms with Crippen molar-refractivity contribution in [1.82, 2.24) is 0 Å². The molecule has 0 heterocycles. The molecule has 74 valence electrons. The van der Waals surface area contributed by atoms with Crippen molar-refractivity contribution in [2.24, 2.45) is 0 Å². The van der Waals surface area contributed by atoms with Crippen molar-refractivity contribution >= 4 is 17.3 Å². The molecule has 14 heavy (non-hydrogen) atoms. The molecular weight excluding hydrogens is 180 g/mol. The molecule has 0 fully saturated rings. The van der Waals surface area contributed by atoms with Crippen LogP contribution < -0.4 is 11.5 Å². The molecule has 0 aromatic heterocycles. The van der Waals surface area contributed by atoms with Gasteiger partial charge in [0.05, 0.1) is 0 Å². The Hall–Kier alpha value is -1.97. The molecule has 4 nitrogen and oxygen atoms in total. The maximum Gasteiger partial charge on any atom is 0.330 e. The lowest BCUT2D eigenvalue weighted by Gasteiger charge is -2.04. The van der Waals surface area contributed by atoms with E-state index in [2.05, 4.69) is 6.58 Å². The van der Waals surface area contributed by atoms with Crippen LogP contribution >= 0.6 is 0 Å². The molecule has 1 rings (SSSR count). The first-order valence-corrected chi connectivity index (χ1v) is 4.06. The Morgan fingerprint density at radius 1 is 1.36 bits per heavy atom. The molecule has 0 unspecified atom stereocenters. The number of rotatable bonds is 3. The molecular formula is C10H12N2O2. The van der Waals surface area contributed by atoms with Gasteiger partial charge < -0.3 is 16.2 Å². The topological polar surface area (TPSA) is 78.3 Å². The van der Waals surface area contributed by atoms with E-state index in [1.807, 2.05) is 0 Å². The fraction of sp³-hybridized carbons (Fsp3) is 0.100. The quantitative estimate of drug-likeness (QED) is 0.426. The van der Waals surface area contributed by atoms with Gasteiger partial charge in [-0.1, -0.05) is 6.58 Å². The largest absolute Gasteiger partial charge is 0.458 e. The van der Waals surface area contributed by atoms with Crippen molar-refractivity contribution < 1.29 is 9.53 Å². The first kappa shape index (κ1) is 10.1. The highest BCUT2D eigenvalue weighted by atomic mass is 16.5. The highest BCUT2D eigenvalue weighted by Crippen LogP contribution is 2.14. The second-order valence-corrected chi connectivity index (χ2v) is 2.82. The lowest BCUT2D eigenvalue weighted by atomic mass is 10.2. The second-order valence-electron chi connectivity index (χ2n) is 2.82. The summed E-state index contributed by atoms with van der Waals surface area (Å²) in [6.07, 6.45) is 1.11. The van der Waals surface area contributed by atoms with E-state index in [0.29, 0.717) is 11.4 Å². The van der Waals surface area contributed by atoms with Crippen LogP contribution in [0.5, 0.6) is 0 Å². The fourth-order valence-corrected chi connectivity index (χ4v) is 1.04. The smallest absolute Gasteiger partial charge is 0.330 e. The third-order valence-corrected chi connectivity index (χ3v) is 1.59. The number of hydrogen-bond acceptors (Lipinski definition) is 4. The Balaban J connectivity index is 2.67. The van der Waals surface area contributed by atoms with Gasteiger partial charge in [-0.05, 0) is 23.8 Å². The summed E-state index contributed by atoms with van der Waals surface area (Å²) in [5.74, 6) is -0.467. The van der Waals surface area contributed by atoms with Crippen LogP contribution in [0.2, 0.25) is 0 Å². The van der Waals surface area contributed by atoms with Crippen LogP contribution in [-0.2, 0) is 16.1 Å². The third-order valence-electron chi connectivity index (χ3n) is 1.59. The normalized spacial score (nSPS) is 9.43. The van der Waals surface area contributed by atoms with Gasteiger partial charge in [0.15, 0.2) is 0 Å². The first-order valence-electron chi connectivity index (χ1n) is 4.06. The molecule has 0 radical (unpaired) electrons. The lowest BCUT2D eigenvalue weighted by Crippen LogP contribution is -2.01. The van der Waals surface area contributed by atoms with Crippen LogP contribution in [0.1, 0.15) is 5.56 Å². The molecule has 0 spiro atoms.